The van der Waals surface area contributed by atoms with Gasteiger partial charge in [-0.05, 0) is 37.0 Å². The van der Waals surface area contributed by atoms with Crippen LogP contribution in [-0.4, -0.2) is 37.2 Å². The predicted octanol–water partition coefficient (Wildman–Crippen LogP) is 23.8. The van der Waals surface area contributed by atoms with E-state index in [-0.39, 0.29) is 31.1 Å². The first kappa shape index (κ1) is 75.4. The standard InChI is InChI=1S/C71H138O6/c1-7-66(5)58-52-46-40-34-28-21-17-13-9-11-15-19-23-30-36-42-48-54-60-69(72)75-63-68(64-76-70(73)61-55-49-43-37-31-26-25-27-33-39-45-51-57-65(3)4)77-71(74)62-56-50-44-38-32-24-20-16-12-10-14-18-22-29-35-41-47-53-59-67(6)8-2/h65-68H,7-64H2,1-6H3/t66?,67?,68-/m0/s1. The summed E-state index contributed by atoms with van der Waals surface area (Å²) in [5, 5.41) is 0. The van der Waals surface area contributed by atoms with Crippen LogP contribution in [0.4, 0.5) is 0 Å². The number of esters is 3. The van der Waals surface area contributed by atoms with Crippen molar-refractivity contribution in [3.63, 3.8) is 0 Å². The lowest BCUT2D eigenvalue weighted by atomic mass is 9.99. The van der Waals surface area contributed by atoms with E-state index in [1.54, 1.807) is 0 Å². The van der Waals surface area contributed by atoms with Crippen LogP contribution in [0.25, 0.3) is 0 Å². The number of unbranched alkanes of at least 4 members (excludes halogenated alkanes) is 45. The van der Waals surface area contributed by atoms with E-state index in [4.69, 9.17) is 14.2 Å². The molecule has 0 bridgehead atoms. The molecule has 0 aromatic rings. The molecule has 0 N–H and O–H groups in total. The first-order valence-corrected chi connectivity index (χ1v) is 35.2. The van der Waals surface area contributed by atoms with Crippen LogP contribution < -0.4 is 0 Å². The second kappa shape index (κ2) is 62.0. The quantitative estimate of drug-likeness (QED) is 0.0343. The van der Waals surface area contributed by atoms with Crippen molar-refractivity contribution in [1.82, 2.24) is 0 Å². The third kappa shape index (κ3) is 61.9. The SMILES string of the molecule is CCC(C)CCCCCCCCCCCCCCCCCCCCC(=O)OC[C@@H](COC(=O)CCCCCCCCCCCCCCC(C)C)OC(=O)CCCCCCCCCCCCCCCCCCCCC(C)CC. The molecule has 0 fully saturated rings. The van der Waals surface area contributed by atoms with Gasteiger partial charge >= 0.3 is 17.9 Å². The summed E-state index contributed by atoms with van der Waals surface area (Å²) in [5.74, 6) is 1.82. The maximum atomic E-state index is 13.0. The molecule has 0 heterocycles. The molecule has 3 atom stereocenters. The monoisotopic (exact) mass is 1090 g/mol. The van der Waals surface area contributed by atoms with Crippen LogP contribution >= 0.6 is 0 Å². The van der Waals surface area contributed by atoms with Gasteiger partial charge in [-0.3, -0.25) is 14.4 Å². The molecule has 0 saturated heterocycles. The predicted molar refractivity (Wildman–Crippen MR) is 335 cm³/mol. The number of rotatable bonds is 64. The Labute approximate surface area is 482 Å². The number of hydrogen-bond donors (Lipinski definition) is 0. The van der Waals surface area contributed by atoms with Crippen LogP contribution in [0.3, 0.4) is 0 Å². The average Bonchev–Trinajstić information content (AvgIpc) is 3.42. The zero-order valence-electron chi connectivity index (χ0n) is 53.3. The maximum Gasteiger partial charge on any atom is 0.306 e. The van der Waals surface area contributed by atoms with Crippen LogP contribution in [0.15, 0.2) is 0 Å². The van der Waals surface area contributed by atoms with Crippen LogP contribution in [0.2, 0.25) is 0 Å². The summed E-state index contributed by atoms with van der Waals surface area (Å²) >= 11 is 0. The highest BCUT2D eigenvalue weighted by atomic mass is 16.6. The van der Waals surface area contributed by atoms with Gasteiger partial charge in [-0.15, -0.1) is 0 Å². The molecule has 0 radical (unpaired) electrons. The molecule has 6 heteroatoms. The fraction of sp³-hybridized carbons (Fsp3) is 0.958. The van der Waals surface area contributed by atoms with Crippen LogP contribution in [0, 0.1) is 17.8 Å². The lowest BCUT2D eigenvalue weighted by Gasteiger charge is -2.18. The number of carbonyl (C=O) groups excluding carboxylic acids is 3. The Morgan fingerprint density at radius 2 is 0.455 bits per heavy atom. The van der Waals surface area contributed by atoms with Crippen molar-refractivity contribution in [2.45, 2.75) is 407 Å². The van der Waals surface area contributed by atoms with Gasteiger partial charge in [0, 0.05) is 19.3 Å². The van der Waals surface area contributed by atoms with Crippen molar-refractivity contribution < 1.29 is 28.6 Å². The molecule has 0 aliphatic heterocycles. The zero-order valence-corrected chi connectivity index (χ0v) is 53.3. The van der Waals surface area contributed by atoms with Crippen LogP contribution in [0.5, 0.6) is 0 Å². The molecule has 0 spiro atoms. The Hall–Kier alpha value is -1.59. The maximum absolute atomic E-state index is 13.0. The van der Waals surface area contributed by atoms with Gasteiger partial charge in [0.1, 0.15) is 13.2 Å². The van der Waals surface area contributed by atoms with Gasteiger partial charge in [-0.25, -0.2) is 0 Å². The van der Waals surface area contributed by atoms with E-state index in [1.807, 2.05) is 0 Å². The molecule has 0 rings (SSSR count). The topological polar surface area (TPSA) is 78.9 Å². The minimum Gasteiger partial charge on any atom is -0.462 e. The van der Waals surface area contributed by atoms with E-state index in [0.29, 0.717) is 19.3 Å². The fourth-order valence-electron chi connectivity index (χ4n) is 11.1. The molecule has 458 valence electrons. The Morgan fingerprint density at radius 3 is 0.675 bits per heavy atom. The van der Waals surface area contributed by atoms with Crippen molar-refractivity contribution in [2.75, 3.05) is 13.2 Å². The van der Waals surface area contributed by atoms with Gasteiger partial charge in [-0.1, -0.05) is 363 Å². The van der Waals surface area contributed by atoms with Crippen molar-refractivity contribution in [1.29, 1.82) is 0 Å². The minimum atomic E-state index is -0.765. The Kier molecular flexibility index (Phi) is 60.7. The molecular weight excluding hydrogens is 949 g/mol. The van der Waals surface area contributed by atoms with E-state index in [9.17, 15) is 14.4 Å². The minimum absolute atomic E-state index is 0.0619. The third-order valence-electron chi connectivity index (χ3n) is 17.1. The normalized spacial score (nSPS) is 12.8. The summed E-state index contributed by atoms with van der Waals surface area (Å²) in [6.45, 7) is 13.9. The summed E-state index contributed by atoms with van der Waals surface area (Å²) in [4.78, 5) is 38.4. The van der Waals surface area contributed by atoms with Gasteiger partial charge in [-0.2, -0.15) is 0 Å². The Morgan fingerprint density at radius 1 is 0.260 bits per heavy atom. The zero-order chi connectivity index (χ0) is 56.2. The molecule has 6 nitrogen and oxygen atoms in total. The van der Waals surface area contributed by atoms with E-state index < -0.39 is 6.10 Å². The average molecular weight is 1090 g/mol. The van der Waals surface area contributed by atoms with Gasteiger partial charge in [0.2, 0.25) is 0 Å². The van der Waals surface area contributed by atoms with Crippen molar-refractivity contribution >= 4 is 17.9 Å². The first-order valence-electron chi connectivity index (χ1n) is 35.2. The number of carbonyl (C=O) groups is 3. The van der Waals surface area contributed by atoms with Gasteiger partial charge in [0.15, 0.2) is 6.10 Å². The Balaban J connectivity index is 4.26. The summed E-state index contributed by atoms with van der Waals surface area (Å²) in [7, 11) is 0. The van der Waals surface area contributed by atoms with E-state index in [0.717, 1.165) is 75.5 Å². The second-order valence-electron chi connectivity index (χ2n) is 25.5. The highest BCUT2D eigenvalue weighted by Gasteiger charge is 2.20. The lowest BCUT2D eigenvalue weighted by molar-refractivity contribution is -0.167. The molecule has 0 aromatic carbocycles. The lowest BCUT2D eigenvalue weighted by Crippen LogP contribution is -2.30. The van der Waals surface area contributed by atoms with E-state index in [1.165, 1.54) is 283 Å². The molecule has 0 aromatic heterocycles. The van der Waals surface area contributed by atoms with Crippen molar-refractivity contribution in [3.8, 4) is 0 Å². The van der Waals surface area contributed by atoms with Crippen LogP contribution in [-0.2, 0) is 28.6 Å². The summed E-state index contributed by atoms with van der Waals surface area (Å²) in [5.41, 5.74) is 0. The molecule has 0 aliphatic carbocycles. The molecular formula is C71H138O6. The van der Waals surface area contributed by atoms with E-state index in [2.05, 4.69) is 41.5 Å². The molecule has 2 unspecified atom stereocenters. The van der Waals surface area contributed by atoms with Gasteiger partial charge in [0.25, 0.3) is 0 Å². The van der Waals surface area contributed by atoms with Gasteiger partial charge < -0.3 is 14.2 Å². The van der Waals surface area contributed by atoms with Gasteiger partial charge in [0.05, 0.1) is 0 Å². The van der Waals surface area contributed by atoms with Crippen molar-refractivity contribution in [2.24, 2.45) is 17.8 Å². The number of hydrogen-bond acceptors (Lipinski definition) is 6. The first-order chi connectivity index (χ1) is 37.7. The highest BCUT2D eigenvalue weighted by Crippen LogP contribution is 2.20. The largest absolute Gasteiger partial charge is 0.462 e. The second-order valence-corrected chi connectivity index (χ2v) is 25.5. The fourth-order valence-corrected chi connectivity index (χ4v) is 11.1. The summed E-state index contributed by atoms with van der Waals surface area (Å²) in [6, 6.07) is 0. The van der Waals surface area contributed by atoms with Crippen molar-refractivity contribution in [3.05, 3.63) is 0 Å². The Bertz CT molecular complexity index is 1200. The number of ether oxygens (including phenoxy) is 3. The third-order valence-corrected chi connectivity index (χ3v) is 17.1. The smallest absolute Gasteiger partial charge is 0.306 e. The molecule has 0 saturated carbocycles. The highest BCUT2D eigenvalue weighted by molar-refractivity contribution is 5.71. The van der Waals surface area contributed by atoms with Crippen LogP contribution in [0.1, 0.15) is 401 Å². The summed E-state index contributed by atoms with van der Waals surface area (Å²) < 4.78 is 17.0. The molecule has 0 amide bonds. The molecule has 77 heavy (non-hydrogen) atoms. The summed E-state index contributed by atoms with van der Waals surface area (Å²) in [6.07, 6.45) is 69.6. The molecule has 0 aliphatic rings. The van der Waals surface area contributed by atoms with E-state index >= 15 is 0 Å².